The van der Waals surface area contributed by atoms with E-state index in [-0.39, 0.29) is 24.0 Å². The Bertz CT molecular complexity index is 304. The summed E-state index contributed by atoms with van der Waals surface area (Å²) in [7, 11) is 0. The fourth-order valence-electron chi connectivity index (χ4n) is 2.04. The fraction of sp³-hybridized carbons (Fsp3) is 0.812. The topological polar surface area (TPSA) is 54.9 Å². The summed E-state index contributed by atoms with van der Waals surface area (Å²) in [6, 6.07) is 0.482. The Morgan fingerprint density at radius 1 is 1.09 bits per heavy atom. The highest BCUT2D eigenvalue weighted by molar-refractivity contribution is 14.0. The molecule has 0 amide bonds. The van der Waals surface area contributed by atoms with E-state index < -0.39 is 0 Å². The summed E-state index contributed by atoms with van der Waals surface area (Å²) in [5.74, 6) is 0.883. The predicted octanol–water partition coefficient (Wildman–Crippen LogP) is 2.71. The van der Waals surface area contributed by atoms with Gasteiger partial charge in [0.1, 0.15) is 0 Å². The van der Waals surface area contributed by atoms with E-state index >= 15 is 0 Å². The standard InChI is InChI=1S/C16H31N3O2.HI/c1-3-5-11-20-13-14-21-12-10-18-16(17-4-2)19-15-8-6-7-9-15;/h6-7,15H,3-5,8-14H2,1-2H3,(H2,17,18,19);1H. The van der Waals surface area contributed by atoms with Crippen molar-refractivity contribution in [1.29, 1.82) is 0 Å². The minimum absolute atomic E-state index is 0. The van der Waals surface area contributed by atoms with Gasteiger partial charge in [-0.2, -0.15) is 0 Å². The summed E-state index contributed by atoms with van der Waals surface area (Å²) >= 11 is 0. The first-order chi connectivity index (χ1) is 10.4. The minimum atomic E-state index is 0. The lowest BCUT2D eigenvalue weighted by atomic mass is 10.2. The van der Waals surface area contributed by atoms with Crippen LogP contribution in [0.15, 0.2) is 17.1 Å². The molecule has 0 aromatic heterocycles. The van der Waals surface area contributed by atoms with Gasteiger partial charge in [-0.15, -0.1) is 24.0 Å². The molecule has 5 nitrogen and oxygen atoms in total. The van der Waals surface area contributed by atoms with Crippen LogP contribution in [-0.4, -0.2) is 51.5 Å². The molecule has 130 valence electrons. The van der Waals surface area contributed by atoms with E-state index in [0.717, 1.165) is 38.4 Å². The molecule has 0 atom stereocenters. The number of rotatable bonds is 11. The highest BCUT2D eigenvalue weighted by Gasteiger charge is 2.11. The molecule has 0 fully saturated rings. The zero-order valence-corrected chi connectivity index (χ0v) is 16.3. The van der Waals surface area contributed by atoms with Crippen molar-refractivity contribution < 1.29 is 9.47 Å². The van der Waals surface area contributed by atoms with Crippen LogP contribution in [0, 0.1) is 0 Å². The Kier molecular flexibility index (Phi) is 15.3. The fourth-order valence-corrected chi connectivity index (χ4v) is 2.04. The number of aliphatic imine (C=N–C) groups is 1. The maximum atomic E-state index is 5.51. The van der Waals surface area contributed by atoms with Gasteiger partial charge in [0.25, 0.3) is 0 Å². The monoisotopic (exact) mass is 425 g/mol. The number of ether oxygens (including phenoxy) is 2. The molecule has 0 aromatic rings. The lowest BCUT2D eigenvalue weighted by Crippen LogP contribution is -2.42. The SMILES string of the molecule is CCCCOCCOCCN=C(NCC)NC1CC=CC1.I. The average molecular weight is 425 g/mol. The van der Waals surface area contributed by atoms with Crippen molar-refractivity contribution in [3.8, 4) is 0 Å². The second-order valence-electron chi connectivity index (χ2n) is 5.12. The van der Waals surface area contributed by atoms with Crippen LogP contribution < -0.4 is 10.6 Å². The molecule has 0 aromatic carbocycles. The number of hydrogen-bond donors (Lipinski definition) is 2. The number of guanidine groups is 1. The Labute approximate surface area is 152 Å². The normalized spacial score (nSPS) is 14.9. The van der Waals surface area contributed by atoms with E-state index in [0.29, 0.717) is 32.4 Å². The molecule has 0 bridgehead atoms. The van der Waals surface area contributed by atoms with Gasteiger partial charge in [0, 0.05) is 19.2 Å². The van der Waals surface area contributed by atoms with E-state index in [1.165, 1.54) is 6.42 Å². The first-order valence-electron chi connectivity index (χ1n) is 8.22. The van der Waals surface area contributed by atoms with Crippen molar-refractivity contribution >= 4 is 29.9 Å². The lowest BCUT2D eigenvalue weighted by Gasteiger charge is -2.16. The van der Waals surface area contributed by atoms with Crippen molar-refractivity contribution in [1.82, 2.24) is 10.6 Å². The molecule has 0 spiro atoms. The van der Waals surface area contributed by atoms with Crippen LogP contribution in [0.4, 0.5) is 0 Å². The van der Waals surface area contributed by atoms with Gasteiger partial charge in [-0.1, -0.05) is 25.5 Å². The minimum Gasteiger partial charge on any atom is -0.379 e. The van der Waals surface area contributed by atoms with Crippen molar-refractivity contribution in [3.05, 3.63) is 12.2 Å². The molecule has 0 unspecified atom stereocenters. The first-order valence-corrected chi connectivity index (χ1v) is 8.22. The third-order valence-electron chi connectivity index (χ3n) is 3.21. The van der Waals surface area contributed by atoms with Crippen LogP contribution in [0.1, 0.15) is 39.5 Å². The van der Waals surface area contributed by atoms with Gasteiger partial charge >= 0.3 is 0 Å². The van der Waals surface area contributed by atoms with Crippen LogP contribution in [0.2, 0.25) is 0 Å². The molecule has 0 heterocycles. The third-order valence-corrected chi connectivity index (χ3v) is 3.21. The maximum absolute atomic E-state index is 5.51. The van der Waals surface area contributed by atoms with Gasteiger partial charge in [0.15, 0.2) is 5.96 Å². The highest BCUT2D eigenvalue weighted by Crippen LogP contribution is 2.08. The van der Waals surface area contributed by atoms with Crippen LogP contribution in [0.25, 0.3) is 0 Å². The van der Waals surface area contributed by atoms with Crippen molar-refractivity contribution in [3.63, 3.8) is 0 Å². The van der Waals surface area contributed by atoms with Crippen LogP contribution in [-0.2, 0) is 9.47 Å². The average Bonchev–Trinajstić information content (AvgIpc) is 2.98. The van der Waals surface area contributed by atoms with Crippen molar-refractivity contribution in [2.45, 2.75) is 45.6 Å². The molecule has 6 heteroatoms. The van der Waals surface area contributed by atoms with E-state index in [2.05, 4.69) is 41.6 Å². The van der Waals surface area contributed by atoms with E-state index in [1.807, 2.05) is 0 Å². The van der Waals surface area contributed by atoms with Gasteiger partial charge in [-0.3, -0.25) is 4.99 Å². The van der Waals surface area contributed by atoms with Crippen molar-refractivity contribution in [2.24, 2.45) is 4.99 Å². The second kappa shape index (κ2) is 15.6. The maximum Gasteiger partial charge on any atom is 0.191 e. The molecule has 1 rings (SSSR count). The molecule has 0 aliphatic heterocycles. The summed E-state index contributed by atoms with van der Waals surface area (Å²) in [6.07, 6.45) is 8.88. The number of unbranched alkanes of at least 4 members (excludes halogenated alkanes) is 1. The number of hydrogen-bond acceptors (Lipinski definition) is 3. The largest absolute Gasteiger partial charge is 0.379 e. The Balaban J connectivity index is 0.00000441. The van der Waals surface area contributed by atoms with Gasteiger partial charge in [-0.05, 0) is 26.2 Å². The number of nitrogens with one attached hydrogen (secondary N) is 2. The number of halogens is 1. The van der Waals surface area contributed by atoms with Crippen LogP contribution in [0.3, 0.4) is 0 Å². The summed E-state index contributed by atoms with van der Waals surface area (Å²) in [6.45, 7) is 8.58. The van der Waals surface area contributed by atoms with Crippen LogP contribution >= 0.6 is 24.0 Å². The van der Waals surface area contributed by atoms with E-state index in [9.17, 15) is 0 Å². The Hall–Kier alpha value is -0.340. The molecule has 22 heavy (non-hydrogen) atoms. The third kappa shape index (κ3) is 11.3. The lowest BCUT2D eigenvalue weighted by molar-refractivity contribution is 0.0497. The second-order valence-corrected chi connectivity index (χ2v) is 5.12. The molecule has 2 N–H and O–H groups in total. The van der Waals surface area contributed by atoms with E-state index in [4.69, 9.17) is 9.47 Å². The van der Waals surface area contributed by atoms with Gasteiger partial charge < -0.3 is 20.1 Å². The van der Waals surface area contributed by atoms with Crippen molar-refractivity contribution in [2.75, 3.05) is 39.5 Å². The zero-order chi connectivity index (χ0) is 15.2. The molecule has 0 saturated carbocycles. The summed E-state index contributed by atoms with van der Waals surface area (Å²) in [5.41, 5.74) is 0. The predicted molar refractivity (Wildman–Crippen MR) is 103 cm³/mol. The number of nitrogens with zero attached hydrogens (tertiary/aromatic N) is 1. The summed E-state index contributed by atoms with van der Waals surface area (Å²) < 4.78 is 10.9. The first kappa shape index (κ1) is 21.7. The zero-order valence-electron chi connectivity index (χ0n) is 14.0. The quantitative estimate of drug-likeness (QED) is 0.176. The van der Waals surface area contributed by atoms with Gasteiger partial charge in [-0.25, -0.2) is 0 Å². The van der Waals surface area contributed by atoms with Gasteiger partial charge in [0.2, 0.25) is 0 Å². The summed E-state index contributed by atoms with van der Waals surface area (Å²) in [4.78, 5) is 4.53. The molecule has 1 aliphatic carbocycles. The Morgan fingerprint density at radius 2 is 1.77 bits per heavy atom. The van der Waals surface area contributed by atoms with Crippen LogP contribution in [0.5, 0.6) is 0 Å². The molecule has 0 saturated heterocycles. The molecule has 1 aliphatic rings. The highest BCUT2D eigenvalue weighted by atomic mass is 127. The summed E-state index contributed by atoms with van der Waals surface area (Å²) in [5, 5.41) is 6.70. The van der Waals surface area contributed by atoms with Gasteiger partial charge in [0.05, 0.1) is 26.4 Å². The van der Waals surface area contributed by atoms with E-state index in [1.54, 1.807) is 0 Å². The molecule has 0 radical (unpaired) electrons. The Morgan fingerprint density at radius 3 is 2.41 bits per heavy atom. The molecular weight excluding hydrogens is 393 g/mol. The molecular formula is C16H32IN3O2. The smallest absolute Gasteiger partial charge is 0.191 e.